The minimum absolute atomic E-state index is 0.137. The highest BCUT2D eigenvalue weighted by Crippen LogP contribution is 2.21. The first kappa shape index (κ1) is 15.2. The van der Waals surface area contributed by atoms with Crippen LogP contribution in [0.15, 0.2) is 48.5 Å². The molecule has 0 aromatic heterocycles. The molecule has 6 nitrogen and oxygen atoms in total. The van der Waals surface area contributed by atoms with Gasteiger partial charge in [0.15, 0.2) is 5.78 Å². The normalized spacial score (nSPS) is 9.86. The van der Waals surface area contributed by atoms with Gasteiger partial charge in [-0.1, -0.05) is 24.3 Å². The Balaban J connectivity index is 2.06. The SMILES string of the molecule is CC(=O)c1cccc(NC(=O)C(=O)Nc2ccccc2O)c1. The van der Waals surface area contributed by atoms with E-state index < -0.39 is 11.8 Å². The number of hydrogen-bond acceptors (Lipinski definition) is 4. The molecular formula is C16H14N2O4. The molecule has 6 heteroatoms. The monoisotopic (exact) mass is 298 g/mol. The van der Waals surface area contributed by atoms with Crippen molar-refractivity contribution in [2.24, 2.45) is 0 Å². The average molecular weight is 298 g/mol. The number of nitrogens with one attached hydrogen (secondary N) is 2. The summed E-state index contributed by atoms with van der Waals surface area (Å²) in [6.45, 7) is 1.41. The van der Waals surface area contributed by atoms with Gasteiger partial charge in [-0.15, -0.1) is 0 Å². The van der Waals surface area contributed by atoms with Gasteiger partial charge in [-0.3, -0.25) is 14.4 Å². The van der Waals surface area contributed by atoms with Crippen LogP contribution in [0.2, 0.25) is 0 Å². The molecule has 0 spiro atoms. The molecule has 0 unspecified atom stereocenters. The minimum atomic E-state index is -0.922. The molecule has 0 atom stereocenters. The smallest absolute Gasteiger partial charge is 0.314 e. The van der Waals surface area contributed by atoms with Crippen molar-refractivity contribution in [3.8, 4) is 5.75 Å². The number of phenolic OH excluding ortho intramolecular Hbond substituents is 1. The number of carbonyl (C=O) groups excluding carboxylic acids is 3. The van der Waals surface area contributed by atoms with Crippen molar-refractivity contribution >= 4 is 29.0 Å². The van der Waals surface area contributed by atoms with Crippen LogP contribution in [-0.2, 0) is 9.59 Å². The van der Waals surface area contributed by atoms with Crippen molar-refractivity contribution in [1.82, 2.24) is 0 Å². The Morgan fingerprint density at radius 1 is 0.909 bits per heavy atom. The maximum absolute atomic E-state index is 11.8. The lowest BCUT2D eigenvalue weighted by Gasteiger charge is -2.08. The average Bonchev–Trinajstić information content (AvgIpc) is 2.49. The lowest BCUT2D eigenvalue weighted by atomic mass is 10.1. The second kappa shape index (κ2) is 6.53. The van der Waals surface area contributed by atoms with Crippen molar-refractivity contribution in [1.29, 1.82) is 0 Å². The summed E-state index contributed by atoms with van der Waals surface area (Å²) in [5.74, 6) is -2.10. The summed E-state index contributed by atoms with van der Waals surface area (Å²) in [4.78, 5) is 34.9. The van der Waals surface area contributed by atoms with Gasteiger partial charge in [0.05, 0.1) is 5.69 Å². The zero-order valence-corrected chi connectivity index (χ0v) is 11.8. The number of carbonyl (C=O) groups is 3. The Morgan fingerprint density at radius 3 is 2.27 bits per heavy atom. The molecule has 0 radical (unpaired) electrons. The molecule has 0 fully saturated rings. The highest BCUT2D eigenvalue weighted by Gasteiger charge is 2.15. The Bertz CT molecular complexity index is 740. The van der Waals surface area contributed by atoms with Gasteiger partial charge in [-0.25, -0.2) is 0 Å². The molecule has 0 aliphatic carbocycles. The van der Waals surface area contributed by atoms with Gasteiger partial charge in [0, 0.05) is 11.3 Å². The molecule has 0 aliphatic rings. The highest BCUT2D eigenvalue weighted by molar-refractivity contribution is 6.43. The van der Waals surface area contributed by atoms with Crippen molar-refractivity contribution in [2.45, 2.75) is 6.92 Å². The van der Waals surface area contributed by atoms with Gasteiger partial charge in [0.25, 0.3) is 0 Å². The maximum Gasteiger partial charge on any atom is 0.314 e. The summed E-state index contributed by atoms with van der Waals surface area (Å²) < 4.78 is 0. The lowest BCUT2D eigenvalue weighted by Crippen LogP contribution is -2.29. The van der Waals surface area contributed by atoms with Gasteiger partial charge in [-0.2, -0.15) is 0 Å². The van der Waals surface area contributed by atoms with E-state index in [4.69, 9.17) is 0 Å². The quantitative estimate of drug-likeness (QED) is 0.460. The van der Waals surface area contributed by atoms with Crippen LogP contribution >= 0.6 is 0 Å². The summed E-state index contributed by atoms with van der Waals surface area (Å²) >= 11 is 0. The standard InChI is InChI=1S/C16H14N2O4/c1-10(19)11-5-4-6-12(9-11)17-15(21)16(22)18-13-7-2-3-8-14(13)20/h2-9,20H,1H3,(H,17,21)(H,18,22). The van der Waals surface area contributed by atoms with Crippen LogP contribution in [0.1, 0.15) is 17.3 Å². The predicted octanol–water partition coefficient (Wildman–Crippen LogP) is 2.17. The minimum Gasteiger partial charge on any atom is -0.506 e. The molecule has 0 bridgehead atoms. The zero-order chi connectivity index (χ0) is 16.1. The predicted molar refractivity (Wildman–Crippen MR) is 81.8 cm³/mol. The molecule has 0 saturated carbocycles. The van der Waals surface area contributed by atoms with E-state index in [1.54, 1.807) is 30.3 Å². The van der Waals surface area contributed by atoms with Crippen LogP contribution in [0.5, 0.6) is 5.75 Å². The van der Waals surface area contributed by atoms with E-state index in [2.05, 4.69) is 10.6 Å². The number of hydrogen-bond donors (Lipinski definition) is 3. The summed E-state index contributed by atoms with van der Waals surface area (Å²) in [7, 11) is 0. The van der Waals surface area contributed by atoms with Crippen LogP contribution < -0.4 is 10.6 Å². The third-order valence-electron chi connectivity index (χ3n) is 2.89. The van der Waals surface area contributed by atoms with Crippen LogP contribution in [0.3, 0.4) is 0 Å². The number of amides is 2. The van der Waals surface area contributed by atoms with Crippen molar-refractivity contribution < 1.29 is 19.5 Å². The number of benzene rings is 2. The molecule has 2 aromatic rings. The lowest BCUT2D eigenvalue weighted by molar-refractivity contribution is -0.133. The molecule has 3 N–H and O–H groups in total. The summed E-state index contributed by atoms with van der Waals surface area (Å²) in [6.07, 6.45) is 0. The van der Waals surface area contributed by atoms with E-state index in [9.17, 15) is 19.5 Å². The second-order valence-electron chi connectivity index (χ2n) is 4.56. The molecule has 112 valence electrons. The number of aromatic hydroxyl groups is 1. The Morgan fingerprint density at radius 2 is 1.59 bits per heavy atom. The second-order valence-corrected chi connectivity index (χ2v) is 4.56. The van der Waals surface area contributed by atoms with Crippen LogP contribution in [0.4, 0.5) is 11.4 Å². The van der Waals surface area contributed by atoms with Crippen LogP contribution in [0.25, 0.3) is 0 Å². The van der Waals surface area contributed by atoms with Gasteiger partial charge in [0.1, 0.15) is 5.75 Å². The maximum atomic E-state index is 11.8. The van der Waals surface area contributed by atoms with Crippen molar-refractivity contribution in [3.63, 3.8) is 0 Å². The van der Waals surface area contributed by atoms with Gasteiger partial charge in [-0.05, 0) is 31.2 Å². The first-order valence-corrected chi connectivity index (χ1v) is 6.48. The highest BCUT2D eigenvalue weighted by atomic mass is 16.3. The Kier molecular flexibility index (Phi) is 4.53. The van der Waals surface area contributed by atoms with Gasteiger partial charge >= 0.3 is 11.8 Å². The number of anilines is 2. The number of phenols is 1. The van der Waals surface area contributed by atoms with E-state index >= 15 is 0 Å². The number of rotatable bonds is 3. The van der Waals surface area contributed by atoms with Gasteiger partial charge in [0.2, 0.25) is 0 Å². The van der Waals surface area contributed by atoms with E-state index in [-0.39, 0.29) is 17.2 Å². The largest absolute Gasteiger partial charge is 0.506 e. The number of Topliss-reactive ketones (excluding diaryl/α,β-unsaturated/α-hetero) is 1. The molecule has 2 rings (SSSR count). The number of para-hydroxylation sites is 2. The molecule has 2 amide bonds. The zero-order valence-electron chi connectivity index (χ0n) is 11.8. The van der Waals surface area contributed by atoms with Crippen LogP contribution in [0, 0.1) is 0 Å². The first-order chi connectivity index (χ1) is 10.5. The van der Waals surface area contributed by atoms with E-state index in [1.807, 2.05) is 0 Å². The summed E-state index contributed by atoms with van der Waals surface area (Å²) in [6, 6.07) is 12.3. The Labute approximate surface area is 126 Å². The fourth-order valence-electron chi connectivity index (χ4n) is 1.76. The molecule has 0 aliphatic heterocycles. The molecular weight excluding hydrogens is 284 g/mol. The fraction of sp³-hybridized carbons (Fsp3) is 0.0625. The molecule has 22 heavy (non-hydrogen) atoms. The van der Waals surface area contributed by atoms with E-state index in [0.29, 0.717) is 11.3 Å². The summed E-state index contributed by atoms with van der Waals surface area (Å²) in [5.41, 5.74) is 0.907. The topological polar surface area (TPSA) is 95.5 Å². The Hall–Kier alpha value is -3.15. The fourth-order valence-corrected chi connectivity index (χ4v) is 1.76. The van der Waals surface area contributed by atoms with Crippen LogP contribution in [-0.4, -0.2) is 22.7 Å². The number of ketones is 1. The molecule has 2 aromatic carbocycles. The van der Waals surface area contributed by atoms with Crippen molar-refractivity contribution in [2.75, 3.05) is 10.6 Å². The van der Waals surface area contributed by atoms with E-state index in [1.165, 1.54) is 25.1 Å². The van der Waals surface area contributed by atoms with Crippen molar-refractivity contribution in [3.05, 3.63) is 54.1 Å². The third-order valence-corrected chi connectivity index (χ3v) is 2.89. The molecule has 0 heterocycles. The molecule has 0 saturated heterocycles. The first-order valence-electron chi connectivity index (χ1n) is 6.48. The summed E-state index contributed by atoms with van der Waals surface area (Å²) in [5, 5.41) is 14.2. The van der Waals surface area contributed by atoms with E-state index in [0.717, 1.165) is 0 Å². The van der Waals surface area contributed by atoms with Gasteiger partial charge < -0.3 is 15.7 Å². The third kappa shape index (κ3) is 3.69.